The number of rotatable bonds is 4. The molecule has 0 saturated heterocycles. The van der Waals surface area contributed by atoms with Crippen molar-refractivity contribution in [1.82, 2.24) is 4.90 Å². The number of methoxy groups -OCH3 is 1. The van der Waals surface area contributed by atoms with Crippen LogP contribution in [0.4, 0.5) is 0 Å². The lowest BCUT2D eigenvalue weighted by Crippen LogP contribution is -2.48. The van der Waals surface area contributed by atoms with Gasteiger partial charge in [0, 0.05) is 23.8 Å². The first-order chi connectivity index (χ1) is 10.4. The van der Waals surface area contributed by atoms with E-state index in [1.54, 1.807) is 12.0 Å². The van der Waals surface area contributed by atoms with Crippen LogP contribution in [0.3, 0.4) is 0 Å². The average Bonchev–Trinajstić information content (AvgIpc) is 2.52. The summed E-state index contributed by atoms with van der Waals surface area (Å²) in [7, 11) is 1.63. The zero-order valence-electron chi connectivity index (χ0n) is 13.6. The van der Waals surface area contributed by atoms with Gasteiger partial charge >= 0.3 is 0 Å². The first-order valence-electron chi connectivity index (χ1n) is 7.41. The molecule has 2 aromatic carbocycles. The maximum atomic E-state index is 13.0. The summed E-state index contributed by atoms with van der Waals surface area (Å²) in [5, 5.41) is 0. The number of benzene rings is 2. The van der Waals surface area contributed by atoms with Crippen LogP contribution < -0.4 is 0 Å². The van der Waals surface area contributed by atoms with Gasteiger partial charge in [-0.15, -0.1) is 0 Å². The van der Waals surface area contributed by atoms with Crippen molar-refractivity contribution in [2.75, 3.05) is 7.11 Å². The molecule has 1 atom stereocenters. The van der Waals surface area contributed by atoms with E-state index in [1.807, 2.05) is 81.4 Å². The third-order valence-corrected chi connectivity index (χ3v) is 3.50. The molecular formula is C19H23NO2. The van der Waals surface area contributed by atoms with E-state index in [0.717, 1.165) is 5.56 Å². The SMILES string of the molecule is COC(c1ccccc1)N(C(=O)c1ccccc1)C(C)(C)C. The summed E-state index contributed by atoms with van der Waals surface area (Å²) in [6.45, 7) is 6.05. The maximum absolute atomic E-state index is 13.0. The number of ether oxygens (including phenoxy) is 1. The van der Waals surface area contributed by atoms with E-state index in [9.17, 15) is 4.79 Å². The Morgan fingerprint density at radius 3 is 1.91 bits per heavy atom. The fourth-order valence-corrected chi connectivity index (χ4v) is 2.49. The van der Waals surface area contributed by atoms with Gasteiger partial charge in [-0.05, 0) is 32.9 Å². The topological polar surface area (TPSA) is 29.5 Å². The number of carbonyl (C=O) groups is 1. The minimum Gasteiger partial charge on any atom is -0.357 e. The molecule has 3 heteroatoms. The van der Waals surface area contributed by atoms with Crippen LogP contribution in [0.2, 0.25) is 0 Å². The Hall–Kier alpha value is -2.13. The molecule has 0 aliphatic heterocycles. The normalized spacial score (nSPS) is 12.7. The molecule has 0 heterocycles. The van der Waals surface area contributed by atoms with Crippen molar-refractivity contribution in [1.29, 1.82) is 0 Å². The highest BCUT2D eigenvalue weighted by Gasteiger charge is 2.34. The van der Waals surface area contributed by atoms with Gasteiger partial charge in [-0.2, -0.15) is 0 Å². The zero-order chi connectivity index (χ0) is 16.2. The molecule has 0 radical (unpaired) electrons. The molecule has 0 bridgehead atoms. The van der Waals surface area contributed by atoms with Crippen molar-refractivity contribution < 1.29 is 9.53 Å². The van der Waals surface area contributed by atoms with Crippen LogP contribution in [0, 0.1) is 0 Å². The van der Waals surface area contributed by atoms with Crippen LogP contribution in [0.25, 0.3) is 0 Å². The molecule has 1 unspecified atom stereocenters. The van der Waals surface area contributed by atoms with Gasteiger partial charge in [0.25, 0.3) is 5.91 Å². The predicted octanol–water partition coefficient (Wildman–Crippen LogP) is 4.27. The van der Waals surface area contributed by atoms with E-state index in [4.69, 9.17) is 4.74 Å². The Labute approximate surface area is 132 Å². The highest BCUT2D eigenvalue weighted by Crippen LogP contribution is 2.30. The van der Waals surface area contributed by atoms with E-state index in [1.165, 1.54) is 0 Å². The van der Waals surface area contributed by atoms with Crippen LogP contribution in [0.1, 0.15) is 42.9 Å². The third-order valence-electron chi connectivity index (χ3n) is 3.50. The fourth-order valence-electron chi connectivity index (χ4n) is 2.49. The summed E-state index contributed by atoms with van der Waals surface area (Å²) in [5.41, 5.74) is 1.25. The second kappa shape index (κ2) is 6.75. The van der Waals surface area contributed by atoms with Gasteiger partial charge in [-0.3, -0.25) is 4.79 Å². The Morgan fingerprint density at radius 2 is 1.45 bits per heavy atom. The molecule has 1 amide bonds. The molecule has 0 aliphatic carbocycles. The van der Waals surface area contributed by atoms with Crippen LogP contribution in [0.5, 0.6) is 0 Å². The molecular weight excluding hydrogens is 274 g/mol. The van der Waals surface area contributed by atoms with E-state index in [0.29, 0.717) is 5.56 Å². The van der Waals surface area contributed by atoms with Gasteiger partial charge in [0.1, 0.15) is 0 Å². The summed E-state index contributed by atoms with van der Waals surface area (Å²) < 4.78 is 5.67. The molecule has 0 aromatic heterocycles. The molecule has 3 nitrogen and oxygen atoms in total. The summed E-state index contributed by atoms with van der Waals surface area (Å²) >= 11 is 0. The summed E-state index contributed by atoms with van der Waals surface area (Å²) in [6.07, 6.45) is -0.422. The number of nitrogens with zero attached hydrogens (tertiary/aromatic N) is 1. The molecule has 0 fully saturated rings. The number of hydrogen-bond donors (Lipinski definition) is 0. The van der Waals surface area contributed by atoms with Crippen molar-refractivity contribution in [2.24, 2.45) is 0 Å². The first-order valence-corrected chi connectivity index (χ1v) is 7.41. The second-order valence-electron chi connectivity index (χ2n) is 6.21. The zero-order valence-corrected chi connectivity index (χ0v) is 13.6. The highest BCUT2D eigenvalue weighted by molar-refractivity contribution is 5.94. The molecule has 22 heavy (non-hydrogen) atoms. The lowest BCUT2D eigenvalue weighted by molar-refractivity contribution is -0.0585. The van der Waals surface area contributed by atoms with Gasteiger partial charge in [0.05, 0.1) is 0 Å². The van der Waals surface area contributed by atoms with Crippen molar-refractivity contribution in [3.8, 4) is 0 Å². The van der Waals surface area contributed by atoms with E-state index in [2.05, 4.69) is 0 Å². The van der Waals surface area contributed by atoms with Gasteiger partial charge < -0.3 is 9.64 Å². The van der Waals surface area contributed by atoms with Crippen LogP contribution >= 0.6 is 0 Å². The van der Waals surface area contributed by atoms with E-state index in [-0.39, 0.29) is 11.4 Å². The van der Waals surface area contributed by atoms with Crippen molar-refractivity contribution in [3.05, 3.63) is 71.8 Å². The fraction of sp³-hybridized carbons (Fsp3) is 0.316. The molecule has 2 rings (SSSR count). The molecule has 0 saturated carbocycles. The molecule has 2 aromatic rings. The molecule has 0 N–H and O–H groups in total. The quantitative estimate of drug-likeness (QED) is 0.789. The number of amides is 1. The molecule has 116 valence electrons. The third kappa shape index (κ3) is 3.55. The Balaban J connectivity index is 2.44. The minimum absolute atomic E-state index is 0.0381. The Bertz CT molecular complexity index is 602. The maximum Gasteiger partial charge on any atom is 0.256 e. The lowest BCUT2D eigenvalue weighted by atomic mass is 10.0. The summed E-state index contributed by atoms with van der Waals surface area (Å²) in [5.74, 6) is -0.0381. The van der Waals surface area contributed by atoms with Crippen molar-refractivity contribution >= 4 is 5.91 Å². The second-order valence-corrected chi connectivity index (χ2v) is 6.21. The van der Waals surface area contributed by atoms with Gasteiger partial charge in [-0.1, -0.05) is 48.5 Å². The largest absolute Gasteiger partial charge is 0.357 e. The first kappa shape index (κ1) is 16.2. The Kier molecular flexibility index (Phi) is 4.99. The van der Waals surface area contributed by atoms with E-state index >= 15 is 0 Å². The lowest BCUT2D eigenvalue weighted by Gasteiger charge is -2.41. The van der Waals surface area contributed by atoms with Crippen LogP contribution in [-0.4, -0.2) is 23.5 Å². The van der Waals surface area contributed by atoms with Gasteiger partial charge in [0.15, 0.2) is 6.23 Å². The standard InChI is InChI=1S/C19H23NO2/c1-19(2,3)20(17(21)15-11-7-5-8-12-15)18(22-4)16-13-9-6-10-14-16/h5-14,18H,1-4H3. The molecule has 0 aliphatic rings. The molecule has 0 spiro atoms. The average molecular weight is 297 g/mol. The monoisotopic (exact) mass is 297 g/mol. The summed E-state index contributed by atoms with van der Waals surface area (Å²) in [4.78, 5) is 14.8. The van der Waals surface area contributed by atoms with Crippen molar-refractivity contribution in [2.45, 2.75) is 32.5 Å². The Morgan fingerprint density at radius 1 is 0.955 bits per heavy atom. The predicted molar refractivity (Wildman–Crippen MR) is 88.6 cm³/mol. The van der Waals surface area contributed by atoms with Crippen molar-refractivity contribution in [3.63, 3.8) is 0 Å². The van der Waals surface area contributed by atoms with Crippen LogP contribution in [0.15, 0.2) is 60.7 Å². The smallest absolute Gasteiger partial charge is 0.256 e. The van der Waals surface area contributed by atoms with Gasteiger partial charge in [-0.25, -0.2) is 0 Å². The number of hydrogen-bond acceptors (Lipinski definition) is 2. The summed E-state index contributed by atoms with van der Waals surface area (Å²) in [6, 6.07) is 19.1. The highest BCUT2D eigenvalue weighted by atomic mass is 16.5. The minimum atomic E-state index is -0.422. The van der Waals surface area contributed by atoms with Gasteiger partial charge in [0.2, 0.25) is 0 Å². The number of carbonyl (C=O) groups excluding carboxylic acids is 1. The van der Waals surface area contributed by atoms with E-state index < -0.39 is 6.23 Å². The van der Waals surface area contributed by atoms with Crippen LogP contribution in [-0.2, 0) is 4.74 Å².